The molecule has 4 rings (SSSR count). The Kier molecular flexibility index (Phi) is 7.94. The van der Waals surface area contributed by atoms with Gasteiger partial charge in [-0.1, -0.05) is 41.8 Å². The molecule has 1 aromatic carbocycles. The van der Waals surface area contributed by atoms with Gasteiger partial charge >= 0.3 is 11.9 Å². The summed E-state index contributed by atoms with van der Waals surface area (Å²) in [6, 6.07) is 8.05. The van der Waals surface area contributed by atoms with Crippen LogP contribution in [-0.4, -0.2) is 79.2 Å². The Balaban J connectivity index is 1.63. The van der Waals surface area contributed by atoms with Gasteiger partial charge in [0.1, 0.15) is 10.6 Å². The maximum absolute atomic E-state index is 12.0. The number of rotatable bonds is 11. The summed E-state index contributed by atoms with van der Waals surface area (Å²) in [6.45, 7) is 4.52. The highest BCUT2D eigenvalue weighted by Crippen LogP contribution is 2.68. The van der Waals surface area contributed by atoms with Gasteiger partial charge in [-0.3, -0.25) is 10.2 Å². The molecule has 10 nitrogen and oxygen atoms in total. The summed E-state index contributed by atoms with van der Waals surface area (Å²) < 4.78 is 10.9. The summed E-state index contributed by atoms with van der Waals surface area (Å²) in [5, 5.41) is 8.46. The first-order valence-corrected chi connectivity index (χ1v) is 13.6. The van der Waals surface area contributed by atoms with Gasteiger partial charge in [-0.05, 0) is 59.2 Å². The highest BCUT2D eigenvalue weighted by molar-refractivity contribution is 8.29. The van der Waals surface area contributed by atoms with Gasteiger partial charge in [-0.15, -0.1) is 0 Å². The third-order valence-corrected chi connectivity index (χ3v) is 8.26. The Morgan fingerprint density at radius 3 is 2.33 bits per heavy atom. The number of fused-ring (bicyclic) bond motifs is 2. The Hall–Kier alpha value is -2.99. The van der Waals surface area contributed by atoms with Crippen molar-refractivity contribution in [3.63, 3.8) is 0 Å². The Bertz CT molecular complexity index is 1140. The molecule has 0 amide bonds. The van der Waals surface area contributed by atoms with Gasteiger partial charge in [-0.2, -0.15) is 0 Å². The van der Waals surface area contributed by atoms with E-state index in [9.17, 15) is 9.59 Å². The molecule has 1 atom stereocenters. The van der Waals surface area contributed by atoms with Gasteiger partial charge in [0.05, 0.1) is 17.3 Å². The number of carbonyl (C=O) groups excluding carboxylic acids is 2. The van der Waals surface area contributed by atoms with E-state index in [1.807, 2.05) is 38.4 Å². The molecule has 36 heavy (non-hydrogen) atoms. The molecule has 2 aromatic rings. The summed E-state index contributed by atoms with van der Waals surface area (Å²) >= 11 is 0. The van der Waals surface area contributed by atoms with Crippen molar-refractivity contribution in [3.05, 3.63) is 40.9 Å². The van der Waals surface area contributed by atoms with Crippen LogP contribution in [-0.2, 0) is 24.5 Å². The van der Waals surface area contributed by atoms with Crippen LogP contribution in [0.2, 0.25) is 0 Å². The molecule has 1 saturated heterocycles. The van der Waals surface area contributed by atoms with Crippen molar-refractivity contribution >= 4 is 34.6 Å². The van der Waals surface area contributed by atoms with Crippen molar-refractivity contribution in [3.8, 4) is 11.3 Å². The lowest BCUT2D eigenvalue weighted by molar-refractivity contribution is -0.150. The quantitative estimate of drug-likeness (QED) is 0.264. The first kappa shape index (κ1) is 26.1. The highest BCUT2D eigenvalue weighted by Gasteiger charge is 2.47. The van der Waals surface area contributed by atoms with Gasteiger partial charge in [-0.25, -0.2) is 19.6 Å². The minimum absolute atomic E-state index is 0.289. The summed E-state index contributed by atoms with van der Waals surface area (Å²) in [6.07, 6.45) is 3.95. The van der Waals surface area contributed by atoms with Crippen LogP contribution in [0.15, 0.2) is 34.6 Å². The molecule has 1 spiro atoms. The van der Waals surface area contributed by atoms with Crippen molar-refractivity contribution < 1.29 is 18.0 Å². The van der Waals surface area contributed by atoms with Gasteiger partial charge in [0, 0.05) is 18.7 Å². The number of anilines is 1. The second kappa shape index (κ2) is 11.0. The molecule has 2 aliphatic rings. The molecule has 1 unspecified atom stereocenters. The molecule has 0 bridgehead atoms. The topological polar surface area (TPSA) is 109 Å². The first-order valence-electron chi connectivity index (χ1n) is 12.0. The zero-order chi connectivity index (χ0) is 25.9. The molecular weight excluding hydrogens is 480 g/mol. The van der Waals surface area contributed by atoms with Crippen LogP contribution in [0.5, 0.6) is 0 Å². The minimum Gasteiger partial charge on any atom is -0.354 e. The van der Waals surface area contributed by atoms with Gasteiger partial charge < -0.3 is 18.6 Å². The molecule has 11 heteroatoms. The number of nitrogens with zero attached hydrogens (tertiary/aromatic N) is 4. The van der Waals surface area contributed by atoms with Gasteiger partial charge in [0.25, 0.3) is 0 Å². The molecule has 2 N–H and O–H groups in total. The second-order valence-corrected chi connectivity index (χ2v) is 11.4. The lowest BCUT2D eigenvalue weighted by Crippen LogP contribution is -2.40. The number of aromatic nitrogens is 2. The fourth-order valence-electron chi connectivity index (χ4n) is 4.11. The molecule has 1 fully saturated rings. The number of nitrogens with one attached hydrogen (secondary N) is 2. The number of hydrogen-bond acceptors (Lipinski definition) is 10. The fourth-order valence-corrected chi connectivity index (χ4v) is 6.29. The van der Waals surface area contributed by atoms with Gasteiger partial charge in [0.2, 0.25) is 5.95 Å². The van der Waals surface area contributed by atoms with E-state index in [2.05, 4.69) is 46.4 Å². The number of carbonyl (C=O) groups is 2. The first-order chi connectivity index (χ1) is 17.2. The lowest BCUT2D eigenvalue weighted by atomic mass is 10.1. The molecular formula is C25H34N6O4S. The Morgan fingerprint density at radius 1 is 1.03 bits per heavy atom. The third-order valence-electron chi connectivity index (χ3n) is 5.99. The molecule has 2 aliphatic heterocycles. The van der Waals surface area contributed by atoms with Crippen LogP contribution >= 0.6 is 10.6 Å². The zero-order valence-electron chi connectivity index (χ0n) is 21.4. The van der Waals surface area contributed by atoms with E-state index in [0.29, 0.717) is 28.8 Å². The number of hydrogen-bond donors (Lipinski definition) is 2. The van der Waals surface area contributed by atoms with E-state index < -0.39 is 22.5 Å². The largest absolute Gasteiger partial charge is 0.441 e. The summed E-state index contributed by atoms with van der Waals surface area (Å²) in [4.78, 5) is 38.1. The number of benzene rings is 1. The maximum Gasteiger partial charge on any atom is 0.441 e. The van der Waals surface area contributed by atoms with Crippen LogP contribution in [0.4, 0.5) is 5.95 Å². The average molecular weight is 515 g/mol. The molecule has 194 valence electrons. The van der Waals surface area contributed by atoms with Crippen molar-refractivity contribution in [2.45, 2.75) is 37.4 Å². The van der Waals surface area contributed by atoms with E-state index in [1.54, 1.807) is 11.5 Å². The Morgan fingerprint density at radius 2 is 1.72 bits per heavy atom. The summed E-state index contributed by atoms with van der Waals surface area (Å²) in [5.74, 6) is -1.51. The van der Waals surface area contributed by atoms with E-state index in [1.165, 1.54) is 0 Å². The zero-order valence-corrected chi connectivity index (χ0v) is 22.2. The lowest BCUT2D eigenvalue weighted by Gasteiger charge is -2.30. The van der Waals surface area contributed by atoms with E-state index in [0.717, 1.165) is 37.1 Å². The maximum atomic E-state index is 12.0. The van der Waals surface area contributed by atoms with Crippen LogP contribution < -0.4 is 10.6 Å². The van der Waals surface area contributed by atoms with E-state index >= 15 is 0 Å². The van der Waals surface area contributed by atoms with Crippen molar-refractivity contribution in [1.82, 2.24) is 25.1 Å². The highest BCUT2D eigenvalue weighted by atomic mass is 32.3. The SMILES string of the molecule is CCC(NCc1ccc(-c2nc(NCCCN(C)C)nc3c2S2(C=C3)OC(=O)C(=O)O2)cc1)N(C)C. The van der Waals surface area contributed by atoms with Crippen LogP contribution in [0.25, 0.3) is 17.3 Å². The predicted octanol–water partition coefficient (Wildman–Crippen LogP) is 2.97. The third kappa shape index (κ3) is 5.54. The fraction of sp³-hybridized carbons (Fsp3) is 0.440. The van der Waals surface area contributed by atoms with Gasteiger partial charge in [0.15, 0.2) is 0 Å². The molecule has 3 heterocycles. The van der Waals surface area contributed by atoms with E-state index in [-0.39, 0.29) is 6.17 Å². The van der Waals surface area contributed by atoms with Crippen LogP contribution in [0.3, 0.4) is 0 Å². The predicted molar refractivity (Wildman–Crippen MR) is 141 cm³/mol. The molecule has 1 aromatic heterocycles. The van der Waals surface area contributed by atoms with Crippen molar-refractivity contribution in [1.29, 1.82) is 0 Å². The Labute approximate surface area is 213 Å². The molecule has 0 radical (unpaired) electrons. The molecule has 0 aliphatic carbocycles. The standard InChI is InChI=1S/C25H34N6O4S/c1-6-20(31(4)5)27-16-17-8-10-18(11-9-17)21-22-19(12-15-36(22)34-23(32)24(33)35-36)28-25(29-21)26-13-7-14-30(2)3/h8-12,15,20,27H,6-7,13-14,16H2,1-5H3,(H,26,28,29). The average Bonchev–Trinajstić information content (AvgIpc) is 3.34. The van der Waals surface area contributed by atoms with Crippen LogP contribution in [0.1, 0.15) is 31.0 Å². The van der Waals surface area contributed by atoms with Crippen LogP contribution in [0, 0.1) is 0 Å². The second-order valence-electron chi connectivity index (χ2n) is 9.25. The van der Waals surface area contributed by atoms with E-state index in [4.69, 9.17) is 13.4 Å². The summed E-state index contributed by atoms with van der Waals surface area (Å²) in [7, 11) is 5.46. The smallest absolute Gasteiger partial charge is 0.354 e. The monoisotopic (exact) mass is 514 g/mol. The minimum atomic E-state index is -2.72. The normalized spacial score (nSPS) is 17.4. The van der Waals surface area contributed by atoms with Crippen molar-refractivity contribution in [2.75, 3.05) is 46.6 Å². The molecule has 0 saturated carbocycles. The van der Waals surface area contributed by atoms with Crippen molar-refractivity contribution in [2.24, 2.45) is 0 Å². The summed E-state index contributed by atoms with van der Waals surface area (Å²) in [5.41, 5.74) is 3.11.